The molecule has 0 heterocycles. The second-order valence-corrected chi connectivity index (χ2v) is 6.64. The Balaban J connectivity index is 1.78. The van der Waals surface area contributed by atoms with Crippen molar-refractivity contribution in [3.63, 3.8) is 0 Å². The van der Waals surface area contributed by atoms with Gasteiger partial charge in [0.25, 0.3) is 5.91 Å². The van der Waals surface area contributed by atoms with Crippen LogP contribution in [0.3, 0.4) is 0 Å². The first-order valence-corrected chi connectivity index (χ1v) is 9.38. The van der Waals surface area contributed by atoms with Crippen molar-refractivity contribution in [1.82, 2.24) is 0 Å². The highest BCUT2D eigenvalue weighted by Crippen LogP contribution is 2.21. The maximum Gasteiger partial charge on any atom is 0.265 e. The Labute approximate surface area is 169 Å². The summed E-state index contributed by atoms with van der Waals surface area (Å²) in [5.74, 6) is 0.0916. The molecule has 28 heavy (non-hydrogen) atoms. The quantitative estimate of drug-likeness (QED) is 0.549. The number of halogens is 1. The van der Waals surface area contributed by atoms with E-state index in [0.29, 0.717) is 34.0 Å². The number of benzene rings is 3. The molecule has 1 atom stereocenters. The molecule has 3 aromatic carbocycles. The van der Waals surface area contributed by atoms with Gasteiger partial charge in [-0.25, -0.2) is 0 Å². The van der Waals surface area contributed by atoms with Crippen molar-refractivity contribution >= 4 is 29.0 Å². The van der Waals surface area contributed by atoms with Crippen molar-refractivity contribution in [3.8, 4) is 5.75 Å². The maximum atomic E-state index is 12.8. The molecule has 4 nitrogen and oxygen atoms in total. The standard InChI is InChI=1S/C23H20ClNO3/c1-2-21(28-18-14-12-17(24)13-15-18)23(27)25-20-11-7-6-10-19(20)22(26)16-8-4-3-5-9-16/h3-15,21H,2H2,1H3,(H,25,27)/t21-/m1/s1. The predicted octanol–water partition coefficient (Wildman–Crippen LogP) is 5.37. The van der Waals surface area contributed by atoms with Gasteiger partial charge in [0.15, 0.2) is 11.9 Å². The molecule has 0 saturated carbocycles. The van der Waals surface area contributed by atoms with E-state index in [1.807, 2.05) is 25.1 Å². The van der Waals surface area contributed by atoms with Crippen molar-refractivity contribution in [1.29, 1.82) is 0 Å². The Bertz CT molecular complexity index is 955. The molecule has 0 aliphatic rings. The van der Waals surface area contributed by atoms with Crippen LogP contribution in [0.5, 0.6) is 5.75 Å². The van der Waals surface area contributed by atoms with Crippen LogP contribution >= 0.6 is 11.6 Å². The molecule has 3 rings (SSSR count). The molecular formula is C23H20ClNO3. The lowest BCUT2D eigenvalue weighted by molar-refractivity contribution is -0.122. The summed E-state index contributed by atoms with van der Waals surface area (Å²) >= 11 is 5.88. The van der Waals surface area contributed by atoms with Crippen molar-refractivity contribution in [2.75, 3.05) is 5.32 Å². The average Bonchev–Trinajstić information content (AvgIpc) is 2.73. The first-order chi connectivity index (χ1) is 13.6. The monoisotopic (exact) mass is 393 g/mol. The summed E-state index contributed by atoms with van der Waals surface area (Å²) in [5.41, 5.74) is 1.46. The number of carbonyl (C=O) groups is 2. The third-order valence-electron chi connectivity index (χ3n) is 4.22. The average molecular weight is 394 g/mol. The number of ketones is 1. The predicted molar refractivity (Wildman–Crippen MR) is 111 cm³/mol. The van der Waals surface area contributed by atoms with Crippen LogP contribution in [-0.2, 0) is 4.79 Å². The third-order valence-corrected chi connectivity index (χ3v) is 4.47. The molecule has 5 heteroatoms. The van der Waals surface area contributed by atoms with Gasteiger partial charge in [-0.2, -0.15) is 0 Å². The number of rotatable bonds is 7. The summed E-state index contributed by atoms with van der Waals surface area (Å²) in [6.45, 7) is 1.86. The van der Waals surface area contributed by atoms with Gasteiger partial charge in [-0.1, -0.05) is 61.0 Å². The number of hydrogen-bond donors (Lipinski definition) is 1. The second kappa shape index (κ2) is 9.20. The van der Waals surface area contributed by atoms with Gasteiger partial charge in [-0.05, 0) is 42.8 Å². The summed E-state index contributed by atoms with van der Waals surface area (Å²) < 4.78 is 5.78. The van der Waals surface area contributed by atoms with Crippen molar-refractivity contribution in [2.24, 2.45) is 0 Å². The summed E-state index contributed by atoms with van der Waals surface area (Å²) in [4.78, 5) is 25.6. The van der Waals surface area contributed by atoms with Crippen LogP contribution in [0.15, 0.2) is 78.9 Å². The zero-order chi connectivity index (χ0) is 19.9. The van der Waals surface area contributed by atoms with Gasteiger partial charge in [0.05, 0.1) is 5.69 Å². The van der Waals surface area contributed by atoms with E-state index in [-0.39, 0.29) is 11.7 Å². The molecule has 0 aliphatic heterocycles. The van der Waals surface area contributed by atoms with E-state index in [1.54, 1.807) is 60.7 Å². The van der Waals surface area contributed by atoms with Crippen molar-refractivity contribution in [2.45, 2.75) is 19.4 Å². The first kappa shape index (κ1) is 19.6. The van der Waals surface area contributed by atoms with Crippen LogP contribution in [0.25, 0.3) is 0 Å². The Morgan fingerprint density at radius 1 is 0.929 bits per heavy atom. The molecule has 0 aliphatic carbocycles. The van der Waals surface area contributed by atoms with Gasteiger partial charge < -0.3 is 10.1 Å². The first-order valence-electron chi connectivity index (χ1n) is 9.00. The summed E-state index contributed by atoms with van der Waals surface area (Å²) in [5, 5.41) is 3.43. The Morgan fingerprint density at radius 2 is 1.57 bits per heavy atom. The van der Waals surface area contributed by atoms with Gasteiger partial charge in [0.1, 0.15) is 5.75 Å². The van der Waals surface area contributed by atoms with Crippen LogP contribution in [-0.4, -0.2) is 17.8 Å². The largest absolute Gasteiger partial charge is 0.481 e. The molecule has 0 saturated heterocycles. The van der Waals surface area contributed by atoms with Gasteiger partial charge in [-0.3, -0.25) is 9.59 Å². The van der Waals surface area contributed by atoms with E-state index >= 15 is 0 Å². The fraction of sp³-hybridized carbons (Fsp3) is 0.130. The van der Waals surface area contributed by atoms with Crippen molar-refractivity contribution < 1.29 is 14.3 Å². The number of nitrogens with one attached hydrogen (secondary N) is 1. The SMILES string of the molecule is CC[C@@H](Oc1ccc(Cl)cc1)C(=O)Nc1ccccc1C(=O)c1ccccc1. The van der Waals surface area contributed by atoms with E-state index in [2.05, 4.69) is 5.32 Å². The molecule has 0 bridgehead atoms. The number of anilines is 1. The Kier molecular flexibility index (Phi) is 6.45. The molecule has 142 valence electrons. The minimum atomic E-state index is -0.693. The van der Waals surface area contributed by atoms with Crippen LogP contribution in [0.1, 0.15) is 29.3 Å². The number of hydrogen-bond acceptors (Lipinski definition) is 3. The second-order valence-electron chi connectivity index (χ2n) is 6.20. The lowest BCUT2D eigenvalue weighted by Crippen LogP contribution is -2.32. The normalized spacial score (nSPS) is 11.5. The molecule has 3 aromatic rings. The summed E-state index contributed by atoms with van der Waals surface area (Å²) in [7, 11) is 0. The van der Waals surface area contributed by atoms with E-state index in [1.165, 1.54) is 0 Å². The van der Waals surface area contributed by atoms with Gasteiger partial charge in [0, 0.05) is 16.1 Å². The zero-order valence-corrected chi connectivity index (χ0v) is 16.1. The molecule has 1 N–H and O–H groups in total. The molecule has 0 unspecified atom stereocenters. The highest BCUT2D eigenvalue weighted by molar-refractivity contribution is 6.30. The number of amides is 1. The molecule has 0 fully saturated rings. The minimum absolute atomic E-state index is 0.150. The zero-order valence-electron chi connectivity index (χ0n) is 15.4. The number of carbonyl (C=O) groups excluding carboxylic acids is 2. The number of ether oxygens (including phenoxy) is 1. The van der Waals surface area contributed by atoms with Crippen LogP contribution in [0.2, 0.25) is 5.02 Å². The topological polar surface area (TPSA) is 55.4 Å². The summed E-state index contributed by atoms with van der Waals surface area (Å²) in [6, 6.07) is 22.8. The highest BCUT2D eigenvalue weighted by atomic mass is 35.5. The van der Waals surface area contributed by atoms with E-state index < -0.39 is 6.10 Å². The minimum Gasteiger partial charge on any atom is -0.481 e. The van der Waals surface area contributed by atoms with Gasteiger partial charge in [-0.15, -0.1) is 0 Å². The van der Waals surface area contributed by atoms with E-state index in [4.69, 9.17) is 16.3 Å². The van der Waals surface area contributed by atoms with Crippen LogP contribution in [0.4, 0.5) is 5.69 Å². The molecule has 0 spiro atoms. The molecule has 1 amide bonds. The Hall–Kier alpha value is -3.11. The van der Waals surface area contributed by atoms with E-state index in [0.717, 1.165) is 0 Å². The highest BCUT2D eigenvalue weighted by Gasteiger charge is 2.21. The lowest BCUT2D eigenvalue weighted by atomic mass is 10.0. The van der Waals surface area contributed by atoms with Crippen molar-refractivity contribution in [3.05, 3.63) is 95.0 Å². The fourth-order valence-electron chi connectivity index (χ4n) is 2.75. The molecule has 0 radical (unpaired) electrons. The number of para-hydroxylation sites is 1. The summed E-state index contributed by atoms with van der Waals surface area (Å²) in [6.07, 6.45) is -0.218. The van der Waals surface area contributed by atoms with Gasteiger partial charge >= 0.3 is 0 Å². The maximum absolute atomic E-state index is 12.8. The molecular weight excluding hydrogens is 374 g/mol. The van der Waals surface area contributed by atoms with Crippen LogP contribution in [0, 0.1) is 0 Å². The van der Waals surface area contributed by atoms with E-state index in [9.17, 15) is 9.59 Å². The van der Waals surface area contributed by atoms with Gasteiger partial charge in [0.2, 0.25) is 0 Å². The molecule has 0 aromatic heterocycles. The van der Waals surface area contributed by atoms with Crippen LogP contribution < -0.4 is 10.1 Å². The third kappa shape index (κ3) is 4.78. The lowest BCUT2D eigenvalue weighted by Gasteiger charge is -2.18. The smallest absolute Gasteiger partial charge is 0.265 e. The fourth-order valence-corrected chi connectivity index (χ4v) is 2.87. The Morgan fingerprint density at radius 3 is 2.25 bits per heavy atom.